The number of hydrogen-bond donors (Lipinski definition) is 8. The van der Waals surface area contributed by atoms with E-state index in [-0.39, 0.29) is 47.4 Å². The number of aliphatic hydroxyl groups is 2. The summed E-state index contributed by atoms with van der Waals surface area (Å²) >= 11 is 0. The van der Waals surface area contributed by atoms with Gasteiger partial charge in [-0.1, -0.05) is 0 Å². The maximum atomic E-state index is 12.4. The Kier molecular flexibility index (Phi) is 12.8. The lowest BCUT2D eigenvalue weighted by molar-refractivity contribution is 0.159. The highest BCUT2D eigenvalue weighted by molar-refractivity contribution is 7.91. The molecule has 53 heavy (non-hydrogen) atoms. The largest absolute Gasteiger partial charge is 0.505 e. The SMILES string of the molecule is O=c1nc(NCCOCCS(=O)(=O)CCO)nc(Nc2cc(S(=O)(=O)O)cc3cc(S(=O)(=O)O)c(N=Nc4ccc(S(=O)(=O)CCO)cc4)c(O)c23)[nH]1. The predicted octanol–water partition coefficient (Wildman–Crippen LogP) is 0.278. The minimum Gasteiger partial charge on any atom is -0.505 e. The highest BCUT2D eigenvalue weighted by Crippen LogP contribution is 2.45. The number of ether oxygens (including phenoxy) is 1. The van der Waals surface area contributed by atoms with E-state index in [4.69, 9.17) is 14.9 Å². The fourth-order valence-corrected chi connectivity index (χ4v) is 7.56. The van der Waals surface area contributed by atoms with E-state index in [1.54, 1.807) is 0 Å². The number of H-pyrrole nitrogens is 1. The Bertz CT molecular complexity index is 2530. The third-order valence-corrected chi connectivity index (χ3v) is 11.9. The number of rotatable bonds is 18. The number of aliphatic hydroxyl groups excluding tert-OH is 2. The lowest BCUT2D eigenvalue weighted by atomic mass is 10.1. The number of hydrogen-bond acceptors (Lipinski definition) is 19. The Labute approximate surface area is 301 Å². The molecule has 26 heteroatoms. The minimum absolute atomic E-state index is 0.0289. The van der Waals surface area contributed by atoms with Crippen LogP contribution in [0.3, 0.4) is 0 Å². The molecule has 1 heterocycles. The number of benzene rings is 3. The van der Waals surface area contributed by atoms with Crippen molar-refractivity contribution in [2.75, 3.05) is 60.9 Å². The number of aromatic nitrogens is 3. The first-order chi connectivity index (χ1) is 24.7. The van der Waals surface area contributed by atoms with Gasteiger partial charge in [-0.3, -0.25) is 14.1 Å². The van der Waals surface area contributed by atoms with Gasteiger partial charge in [0.05, 0.1) is 64.9 Å². The molecule has 8 N–H and O–H groups in total. The molecule has 3 aromatic carbocycles. The molecular weight excluding hydrogens is 791 g/mol. The van der Waals surface area contributed by atoms with Crippen LogP contribution in [0.2, 0.25) is 0 Å². The highest BCUT2D eigenvalue weighted by atomic mass is 32.2. The average molecular weight is 822 g/mol. The predicted molar refractivity (Wildman–Crippen MR) is 186 cm³/mol. The summed E-state index contributed by atoms with van der Waals surface area (Å²) in [6.45, 7) is -1.44. The Morgan fingerprint density at radius 3 is 2.09 bits per heavy atom. The van der Waals surface area contributed by atoms with Crippen LogP contribution < -0.4 is 16.3 Å². The first-order valence-electron chi connectivity index (χ1n) is 14.8. The minimum atomic E-state index is -5.22. The van der Waals surface area contributed by atoms with Crippen LogP contribution >= 0.6 is 0 Å². The number of phenols is 1. The van der Waals surface area contributed by atoms with Gasteiger partial charge in [0.2, 0.25) is 11.9 Å². The fraction of sp³-hybridized carbons (Fsp3) is 0.296. The molecular formula is C27H31N7O15S4. The number of nitrogens with one attached hydrogen (secondary N) is 3. The Morgan fingerprint density at radius 2 is 1.47 bits per heavy atom. The molecule has 0 bridgehead atoms. The smallest absolute Gasteiger partial charge is 0.351 e. The molecule has 1 aromatic heterocycles. The Hall–Kier alpha value is -4.67. The molecule has 0 aliphatic heterocycles. The van der Waals surface area contributed by atoms with Crippen molar-refractivity contribution in [2.45, 2.75) is 14.7 Å². The normalized spacial score (nSPS) is 12.8. The van der Waals surface area contributed by atoms with Crippen molar-refractivity contribution in [3.8, 4) is 5.75 Å². The van der Waals surface area contributed by atoms with E-state index in [2.05, 4.69) is 35.8 Å². The summed E-state index contributed by atoms with van der Waals surface area (Å²) in [6.07, 6.45) is 0. The second kappa shape index (κ2) is 16.6. The molecule has 0 aliphatic rings. The van der Waals surface area contributed by atoms with Gasteiger partial charge < -0.3 is 30.7 Å². The van der Waals surface area contributed by atoms with Crippen molar-refractivity contribution < 1.29 is 62.8 Å². The van der Waals surface area contributed by atoms with E-state index in [0.29, 0.717) is 6.07 Å². The number of anilines is 3. The Balaban J connectivity index is 1.73. The second-order valence-electron chi connectivity index (χ2n) is 10.7. The van der Waals surface area contributed by atoms with Crippen LogP contribution in [0.1, 0.15) is 0 Å². The van der Waals surface area contributed by atoms with E-state index in [0.717, 1.165) is 24.3 Å². The quantitative estimate of drug-likeness (QED) is 0.0379. The van der Waals surface area contributed by atoms with Crippen LogP contribution in [0.5, 0.6) is 5.75 Å². The molecule has 0 unspecified atom stereocenters. The summed E-state index contributed by atoms with van der Waals surface area (Å²) in [5.41, 5.74) is -2.30. The number of aromatic hydroxyl groups is 1. The third-order valence-electron chi connectivity index (χ3n) is 6.89. The summed E-state index contributed by atoms with van der Waals surface area (Å²) < 4.78 is 122. The molecule has 0 saturated heterocycles. The highest BCUT2D eigenvalue weighted by Gasteiger charge is 2.26. The van der Waals surface area contributed by atoms with E-state index < -0.39 is 109 Å². The maximum absolute atomic E-state index is 12.4. The second-order valence-corrected chi connectivity index (χ2v) is 17.9. The number of nitrogens with zero attached hydrogens (tertiary/aromatic N) is 4. The first-order valence-corrected chi connectivity index (χ1v) is 21.1. The van der Waals surface area contributed by atoms with Crippen LogP contribution in [0.4, 0.5) is 29.0 Å². The van der Waals surface area contributed by atoms with Crippen LogP contribution in [-0.4, -0.2) is 123 Å². The van der Waals surface area contributed by atoms with Gasteiger partial charge in [0.1, 0.15) is 10.6 Å². The molecule has 0 atom stereocenters. The number of phenolic OH excluding ortho intramolecular Hbond substituents is 1. The van der Waals surface area contributed by atoms with Crippen LogP contribution in [0.25, 0.3) is 10.8 Å². The van der Waals surface area contributed by atoms with E-state index in [1.807, 2.05) is 0 Å². The van der Waals surface area contributed by atoms with Gasteiger partial charge in [-0.25, -0.2) is 21.6 Å². The zero-order valence-electron chi connectivity index (χ0n) is 26.9. The molecule has 22 nitrogen and oxygen atoms in total. The van der Waals surface area contributed by atoms with Crippen molar-refractivity contribution >= 4 is 79.6 Å². The standard InChI is InChI=1S/C27H31N7O15S4/c35-6-10-50(39,40)12-9-49-8-5-28-25-30-26(32-27(38)31-25)29-20-15-19(52(43,44)45)13-16-14-21(53(46,47)48)23(24(37)22(16)20)34-33-17-1-3-18(4-2-17)51(41,42)11-7-36/h1-4,13-15,35-37H,5-12H2,(H,43,44,45)(H,46,47,48)(H3,28,29,30,31,32,38). The molecule has 0 aliphatic carbocycles. The summed E-state index contributed by atoms with van der Waals surface area (Å²) in [4.78, 5) is 20.2. The number of fused-ring (bicyclic) bond motifs is 1. The lowest BCUT2D eigenvalue weighted by Gasteiger charge is -2.15. The van der Waals surface area contributed by atoms with Gasteiger partial charge in [-0.15, -0.1) is 5.11 Å². The summed E-state index contributed by atoms with van der Waals surface area (Å²) in [7, 11) is -17.5. The average Bonchev–Trinajstić information content (AvgIpc) is 3.04. The number of sulfone groups is 2. The van der Waals surface area contributed by atoms with Gasteiger partial charge >= 0.3 is 5.69 Å². The van der Waals surface area contributed by atoms with Gasteiger partial charge in [-0.2, -0.15) is 31.9 Å². The number of aromatic amines is 1. The molecule has 4 rings (SSSR count). The monoisotopic (exact) mass is 821 g/mol. The molecule has 0 radical (unpaired) electrons. The van der Waals surface area contributed by atoms with Gasteiger partial charge in [0.25, 0.3) is 20.2 Å². The molecule has 0 spiro atoms. The van der Waals surface area contributed by atoms with Gasteiger partial charge in [-0.05, 0) is 47.9 Å². The van der Waals surface area contributed by atoms with Crippen LogP contribution in [0.15, 0.2) is 72.2 Å². The molecule has 0 fully saturated rings. The van der Waals surface area contributed by atoms with Crippen molar-refractivity contribution in [3.63, 3.8) is 0 Å². The third kappa shape index (κ3) is 10.9. The van der Waals surface area contributed by atoms with Crippen LogP contribution in [0, 0.1) is 0 Å². The summed E-state index contributed by atoms with van der Waals surface area (Å²) in [5, 5.41) is 41.1. The molecule has 4 aromatic rings. The molecule has 0 saturated carbocycles. The zero-order chi connectivity index (χ0) is 39.2. The van der Waals surface area contributed by atoms with E-state index >= 15 is 0 Å². The van der Waals surface area contributed by atoms with Gasteiger partial charge in [0, 0.05) is 11.9 Å². The van der Waals surface area contributed by atoms with Gasteiger partial charge in [0.15, 0.2) is 25.4 Å². The first kappa shape index (κ1) is 41.1. The Morgan fingerprint density at radius 1 is 0.792 bits per heavy atom. The molecule has 0 amide bonds. The summed E-state index contributed by atoms with van der Waals surface area (Å²) in [5.74, 6) is -3.03. The lowest BCUT2D eigenvalue weighted by Crippen LogP contribution is -2.21. The van der Waals surface area contributed by atoms with Crippen LogP contribution in [-0.2, 0) is 44.6 Å². The number of azo groups is 1. The van der Waals surface area contributed by atoms with Crippen molar-refractivity contribution in [2.24, 2.45) is 10.2 Å². The maximum Gasteiger partial charge on any atom is 0.351 e. The van der Waals surface area contributed by atoms with Crippen molar-refractivity contribution in [1.82, 2.24) is 15.0 Å². The molecule has 288 valence electrons. The fourth-order valence-electron chi connectivity index (χ4n) is 4.48. The zero-order valence-corrected chi connectivity index (χ0v) is 30.2. The van der Waals surface area contributed by atoms with Crippen molar-refractivity contribution in [3.05, 3.63) is 52.9 Å². The van der Waals surface area contributed by atoms with Crippen molar-refractivity contribution in [1.29, 1.82) is 0 Å². The topological polar surface area (TPSA) is 354 Å². The van der Waals surface area contributed by atoms with E-state index in [9.17, 15) is 52.7 Å². The van der Waals surface area contributed by atoms with E-state index in [1.165, 1.54) is 12.1 Å². The summed E-state index contributed by atoms with van der Waals surface area (Å²) in [6, 6.07) is 6.90.